The monoisotopic (exact) mass is 385 g/mol. The summed E-state index contributed by atoms with van der Waals surface area (Å²) in [5.74, 6) is 0.121. The van der Waals surface area contributed by atoms with Crippen molar-refractivity contribution in [2.24, 2.45) is 5.92 Å². The summed E-state index contributed by atoms with van der Waals surface area (Å²) < 4.78 is 10.7. The van der Waals surface area contributed by atoms with Crippen LogP contribution in [0.5, 0.6) is 0 Å². The summed E-state index contributed by atoms with van der Waals surface area (Å²) in [5.41, 5.74) is -1.10. The van der Waals surface area contributed by atoms with E-state index >= 15 is 0 Å². The number of hydrogen-bond acceptors (Lipinski definition) is 5. The maximum absolute atomic E-state index is 12.5. The summed E-state index contributed by atoms with van der Waals surface area (Å²) in [6.45, 7) is 13.0. The molecule has 2 N–H and O–H groups in total. The molecule has 1 fully saturated rings. The first-order valence-electron chi connectivity index (χ1n) is 9.57. The van der Waals surface area contributed by atoms with Crippen molar-refractivity contribution in [3.05, 3.63) is 0 Å². The SMILES string of the molecule is CC(C)(C)OC(=O)NCCCCN(CC1CNC(=O)C1)C(=O)OC(C)(C)C. The van der Waals surface area contributed by atoms with Gasteiger partial charge in [-0.1, -0.05) is 0 Å². The minimum atomic E-state index is -0.572. The van der Waals surface area contributed by atoms with Crippen LogP contribution in [-0.2, 0) is 14.3 Å². The van der Waals surface area contributed by atoms with Gasteiger partial charge < -0.3 is 25.0 Å². The van der Waals surface area contributed by atoms with Crippen molar-refractivity contribution in [3.63, 3.8) is 0 Å². The minimum Gasteiger partial charge on any atom is -0.444 e. The van der Waals surface area contributed by atoms with Crippen LogP contribution in [0.1, 0.15) is 60.8 Å². The number of unbranched alkanes of at least 4 members (excludes halogenated alkanes) is 1. The highest BCUT2D eigenvalue weighted by molar-refractivity contribution is 5.78. The lowest BCUT2D eigenvalue weighted by molar-refractivity contribution is -0.119. The van der Waals surface area contributed by atoms with E-state index in [1.807, 2.05) is 41.5 Å². The highest BCUT2D eigenvalue weighted by atomic mass is 16.6. The largest absolute Gasteiger partial charge is 0.444 e. The standard InChI is InChI=1S/C19H35N3O5/c1-18(2,3)26-16(24)20-9-7-8-10-22(17(25)27-19(4,5)6)13-14-11-15(23)21-12-14/h14H,7-13H2,1-6H3,(H,20,24)(H,21,23). The van der Waals surface area contributed by atoms with E-state index in [4.69, 9.17) is 9.47 Å². The molecular weight excluding hydrogens is 350 g/mol. The number of nitrogens with zero attached hydrogens (tertiary/aromatic N) is 1. The Labute approximate surface area is 162 Å². The third-order valence-electron chi connectivity index (χ3n) is 3.72. The lowest BCUT2D eigenvalue weighted by Crippen LogP contribution is -2.40. The van der Waals surface area contributed by atoms with Crippen molar-refractivity contribution in [2.75, 3.05) is 26.2 Å². The second kappa shape index (κ2) is 9.80. The number of ether oxygens (including phenoxy) is 2. The van der Waals surface area contributed by atoms with Crippen LogP contribution in [-0.4, -0.2) is 60.4 Å². The Morgan fingerprint density at radius 2 is 1.74 bits per heavy atom. The zero-order chi connectivity index (χ0) is 20.7. The van der Waals surface area contributed by atoms with Crippen LogP contribution >= 0.6 is 0 Å². The molecule has 0 spiro atoms. The molecule has 1 atom stereocenters. The highest BCUT2D eigenvalue weighted by Crippen LogP contribution is 2.15. The molecule has 8 nitrogen and oxygen atoms in total. The van der Waals surface area contributed by atoms with Gasteiger partial charge in [-0.2, -0.15) is 0 Å². The zero-order valence-electron chi connectivity index (χ0n) is 17.5. The van der Waals surface area contributed by atoms with Gasteiger partial charge in [-0.05, 0) is 54.4 Å². The van der Waals surface area contributed by atoms with Crippen molar-refractivity contribution in [2.45, 2.75) is 72.0 Å². The number of alkyl carbamates (subject to hydrolysis) is 1. The summed E-state index contributed by atoms with van der Waals surface area (Å²) >= 11 is 0. The molecule has 156 valence electrons. The van der Waals surface area contributed by atoms with E-state index < -0.39 is 17.3 Å². The summed E-state index contributed by atoms with van der Waals surface area (Å²) in [6.07, 6.45) is 1.03. The Kier molecular flexibility index (Phi) is 8.37. The summed E-state index contributed by atoms with van der Waals surface area (Å²) in [4.78, 5) is 37.1. The van der Waals surface area contributed by atoms with E-state index in [-0.39, 0.29) is 17.9 Å². The van der Waals surface area contributed by atoms with Crippen molar-refractivity contribution in [1.82, 2.24) is 15.5 Å². The van der Waals surface area contributed by atoms with Crippen LogP contribution in [0.2, 0.25) is 0 Å². The van der Waals surface area contributed by atoms with Gasteiger partial charge in [-0.3, -0.25) is 4.79 Å². The van der Waals surface area contributed by atoms with Crippen LogP contribution in [0, 0.1) is 5.92 Å². The van der Waals surface area contributed by atoms with Gasteiger partial charge in [0.2, 0.25) is 5.91 Å². The van der Waals surface area contributed by atoms with Gasteiger partial charge in [-0.15, -0.1) is 0 Å². The first kappa shape index (κ1) is 23.0. The molecular formula is C19H35N3O5. The number of rotatable bonds is 7. The Morgan fingerprint density at radius 3 is 2.26 bits per heavy atom. The second-order valence-electron chi connectivity index (χ2n) is 8.94. The maximum atomic E-state index is 12.5. The Hall–Kier alpha value is -1.99. The molecule has 1 rings (SSSR count). The van der Waals surface area contributed by atoms with Gasteiger partial charge in [0.25, 0.3) is 0 Å². The fourth-order valence-electron chi connectivity index (χ4n) is 2.62. The second-order valence-corrected chi connectivity index (χ2v) is 8.94. The lowest BCUT2D eigenvalue weighted by Gasteiger charge is -2.29. The average Bonchev–Trinajstić information content (AvgIpc) is 2.87. The molecule has 0 saturated carbocycles. The van der Waals surface area contributed by atoms with Gasteiger partial charge >= 0.3 is 12.2 Å². The number of amides is 3. The van der Waals surface area contributed by atoms with Crippen LogP contribution in [0.25, 0.3) is 0 Å². The van der Waals surface area contributed by atoms with E-state index in [0.717, 1.165) is 0 Å². The van der Waals surface area contributed by atoms with Crippen LogP contribution in [0.15, 0.2) is 0 Å². The molecule has 0 radical (unpaired) electrons. The van der Waals surface area contributed by atoms with Gasteiger partial charge in [0.15, 0.2) is 0 Å². The molecule has 1 aliphatic rings. The quantitative estimate of drug-likeness (QED) is 0.657. The molecule has 3 amide bonds. The molecule has 1 saturated heterocycles. The number of hydrogen-bond donors (Lipinski definition) is 2. The van der Waals surface area contributed by atoms with Gasteiger partial charge in [0, 0.05) is 38.5 Å². The molecule has 0 bridgehead atoms. The highest BCUT2D eigenvalue weighted by Gasteiger charge is 2.28. The predicted octanol–water partition coefficient (Wildman–Crippen LogP) is 2.66. The normalized spacial score (nSPS) is 17.3. The van der Waals surface area contributed by atoms with E-state index in [1.54, 1.807) is 4.90 Å². The molecule has 0 aromatic carbocycles. The first-order chi connectivity index (χ1) is 12.4. The summed E-state index contributed by atoms with van der Waals surface area (Å²) in [5, 5.41) is 5.50. The van der Waals surface area contributed by atoms with E-state index in [0.29, 0.717) is 45.4 Å². The van der Waals surface area contributed by atoms with Crippen LogP contribution < -0.4 is 10.6 Å². The number of nitrogens with one attached hydrogen (secondary N) is 2. The molecule has 1 heterocycles. The molecule has 1 unspecified atom stereocenters. The molecule has 1 aliphatic heterocycles. The number of carbonyl (C=O) groups is 3. The van der Waals surface area contributed by atoms with Crippen molar-refractivity contribution >= 4 is 18.1 Å². The van der Waals surface area contributed by atoms with Crippen molar-refractivity contribution < 1.29 is 23.9 Å². The zero-order valence-corrected chi connectivity index (χ0v) is 17.5. The fourth-order valence-corrected chi connectivity index (χ4v) is 2.62. The molecule has 0 aromatic rings. The van der Waals surface area contributed by atoms with E-state index in [2.05, 4.69) is 10.6 Å². The third kappa shape index (κ3) is 10.7. The average molecular weight is 386 g/mol. The van der Waals surface area contributed by atoms with Gasteiger partial charge in [0.05, 0.1) is 0 Å². The van der Waals surface area contributed by atoms with Crippen LogP contribution in [0.3, 0.4) is 0 Å². The Bertz CT molecular complexity index is 522. The van der Waals surface area contributed by atoms with E-state index in [9.17, 15) is 14.4 Å². The van der Waals surface area contributed by atoms with Crippen molar-refractivity contribution in [3.8, 4) is 0 Å². The third-order valence-corrected chi connectivity index (χ3v) is 3.72. The predicted molar refractivity (Wildman–Crippen MR) is 102 cm³/mol. The topological polar surface area (TPSA) is 97.0 Å². The van der Waals surface area contributed by atoms with Crippen LogP contribution in [0.4, 0.5) is 9.59 Å². The summed E-state index contributed by atoms with van der Waals surface area (Å²) in [6, 6.07) is 0. The van der Waals surface area contributed by atoms with E-state index in [1.165, 1.54) is 0 Å². The number of carbonyl (C=O) groups excluding carboxylic acids is 3. The van der Waals surface area contributed by atoms with Gasteiger partial charge in [-0.25, -0.2) is 9.59 Å². The Morgan fingerprint density at radius 1 is 1.11 bits per heavy atom. The van der Waals surface area contributed by atoms with Crippen molar-refractivity contribution in [1.29, 1.82) is 0 Å². The fraction of sp³-hybridized carbons (Fsp3) is 0.842. The smallest absolute Gasteiger partial charge is 0.410 e. The Balaban J connectivity index is 2.43. The minimum absolute atomic E-state index is 0.0192. The molecule has 0 aromatic heterocycles. The first-order valence-corrected chi connectivity index (χ1v) is 9.57. The van der Waals surface area contributed by atoms with Gasteiger partial charge in [0.1, 0.15) is 11.2 Å². The molecule has 27 heavy (non-hydrogen) atoms. The maximum Gasteiger partial charge on any atom is 0.410 e. The lowest BCUT2D eigenvalue weighted by atomic mass is 10.1. The summed E-state index contributed by atoms with van der Waals surface area (Å²) in [7, 11) is 0. The molecule has 0 aliphatic carbocycles. The molecule has 8 heteroatoms.